The Balaban J connectivity index is 1.73. The first-order valence-electron chi connectivity index (χ1n) is 9.85. The van der Waals surface area contributed by atoms with Crippen molar-refractivity contribution in [2.24, 2.45) is 5.92 Å². The van der Waals surface area contributed by atoms with E-state index in [-0.39, 0.29) is 5.02 Å². The predicted molar refractivity (Wildman–Crippen MR) is 108 cm³/mol. The number of benzene rings is 2. The third kappa shape index (κ3) is 4.23. The quantitative estimate of drug-likeness (QED) is 0.505. The fourth-order valence-electron chi connectivity index (χ4n) is 4.15. The van der Waals surface area contributed by atoms with Crippen LogP contribution in [0.3, 0.4) is 0 Å². The molecule has 1 nitrogen and oxygen atoms in total. The lowest BCUT2D eigenvalue weighted by atomic mass is 9.77. The van der Waals surface area contributed by atoms with Crippen LogP contribution in [0.5, 0.6) is 5.75 Å². The van der Waals surface area contributed by atoms with Gasteiger partial charge in [0.25, 0.3) is 0 Å². The van der Waals surface area contributed by atoms with Crippen molar-refractivity contribution in [1.29, 1.82) is 0 Å². The number of ether oxygens (including phenoxy) is 1. The van der Waals surface area contributed by atoms with Gasteiger partial charge in [-0.05, 0) is 67.7 Å². The predicted octanol–water partition coefficient (Wildman–Crippen LogP) is 7.62. The molecule has 0 amide bonds. The van der Waals surface area contributed by atoms with Crippen molar-refractivity contribution < 1.29 is 9.13 Å². The molecule has 140 valence electrons. The Kier molecular flexibility index (Phi) is 6.58. The summed E-state index contributed by atoms with van der Waals surface area (Å²) in [5, 5.41) is 0.0580. The van der Waals surface area contributed by atoms with Crippen LogP contribution in [0.1, 0.15) is 63.9 Å². The third-order valence-electron chi connectivity index (χ3n) is 5.58. The maximum Gasteiger partial charge on any atom is 0.153 e. The normalized spacial score (nSPS) is 20.2. The smallest absolute Gasteiger partial charge is 0.153 e. The number of hydrogen-bond donors (Lipinski definition) is 0. The van der Waals surface area contributed by atoms with Crippen LogP contribution >= 0.6 is 11.6 Å². The molecule has 0 unspecified atom stereocenters. The minimum Gasteiger partial charge on any atom is -0.492 e. The summed E-state index contributed by atoms with van der Waals surface area (Å²) < 4.78 is 20.0. The zero-order valence-corrected chi connectivity index (χ0v) is 16.5. The molecule has 0 aromatic heterocycles. The van der Waals surface area contributed by atoms with Gasteiger partial charge >= 0.3 is 0 Å². The molecular weight excluding hydrogens is 347 g/mol. The van der Waals surface area contributed by atoms with Crippen molar-refractivity contribution >= 4 is 11.6 Å². The fraction of sp³-hybridized carbons (Fsp3) is 0.478. The minimum atomic E-state index is -0.412. The molecule has 26 heavy (non-hydrogen) atoms. The van der Waals surface area contributed by atoms with Gasteiger partial charge in [-0.3, -0.25) is 0 Å². The topological polar surface area (TPSA) is 9.23 Å². The summed E-state index contributed by atoms with van der Waals surface area (Å²) in [4.78, 5) is 0. The summed E-state index contributed by atoms with van der Waals surface area (Å²) in [5.74, 6) is 1.54. The summed E-state index contributed by atoms with van der Waals surface area (Å²) >= 11 is 6.12. The van der Waals surface area contributed by atoms with Gasteiger partial charge in [0.2, 0.25) is 0 Å². The lowest BCUT2D eigenvalue weighted by Gasteiger charge is -2.28. The Morgan fingerprint density at radius 3 is 2.31 bits per heavy atom. The molecule has 1 saturated carbocycles. The van der Waals surface area contributed by atoms with Crippen molar-refractivity contribution in [2.45, 2.75) is 58.3 Å². The van der Waals surface area contributed by atoms with Crippen LogP contribution in [0.25, 0.3) is 11.1 Å². The minimum absolute atomic E-state index is 0.0580. The molecule has 0 bridgehead atoms. The average Bonchev–Trinajstić information content (AvgIpc) is 2.67. The van der Waals surface area contributed by atoms with E-state index in [9.17, 15) is 4.39 Å². The fourth-order valence-corrected chi connectivity index (χ4v) is 4.37. The lowest BCUT2D eigenvalue weighted by molar-refractivity contribution is 0.308. The zero-order chi connectivity index (χ0) is 18.5. The molecule has 1 aliphatic rings. The Labute approximate surface area is 161 Å². The second kappa shape index (κ2) is 8.90. The molecule has 1 fully saturated rings. The van der Waals surface area contributed by atoms with Crippen LogP contribution in [0.4, 0.5) is 4.39 Å². The van der Waals surface area contributed by atoms with E-state index in [1.807, 2.05) is 19.1 Å². The maximum absolute atomic E-state index is 14.6. The highest BCUT2D eigenvalue weighted by molar-refractivity contribution is 6.32. The maximum atomic E-state index is 14.6. The first-order chi connectivity index (χ1) is 12.6. The summed E-state index contributed by atoms with van der Waals surface area (Å²) in [6, 6.07) is 11.8. The van der Waals surface area contributed by atoms with Crippen LogP contribution in [0.2, 0.25) is 5.02 Å². The van der Waals surface area contributed by atoms with E-state index in [1.54, 1.807) is 12.1 Å². The summed E-state index contributed by atoms with van der Waals surface area (Å²) in [5.41, 5.74) is 2.76. The van der Waals surface area contributed by atoms with Gasteiger partial charge in [0.1, 0.15) is 10.8 Å². The van der Waals surface area contributed by atoms with Crippen LogP contribution in [-0.2, 0) is 0 Å². The van der Waals surface area contributed by atoms with E-state index >= 15 is 0 Å². The summed E-state index contributed by atoms with van der Waals surface area (Å²) in [7, 11) is 0. The molecule has 0 N–H and O–H groups in total. The average molecular weight is 375 g/mol. The molecule has 0 atom stereocenters. The second-order valence-corrected chi connectivity index (χ2v) is 7.68. The van der Waals surface area contributed by atoms with Gasteiger partial charge in [0.05, 0.1) is 6.61 Å². The van der Waals surface area contributed by atoms with Gasteiger partial charge in [-0.25, -0.2) is 4.39 Å². The molecule has 0 spiro atoms. The van der Waals surface area contributed by atoms with E-state index < -0.39 is 5.82 Å². The molecule has 2 aromatic carbocycles. The summed E-state index contributed by atoms with van der Waals surface area (Å²) in [6.45, 7) is 4.60. The van der Waals surface area contributed by atoms with E-state index in [1.165, 1.54) is 44.1 Å². The largest absolute Gasteiger partial charge is 0.492 e. The van der Waals surface area contributed by atoms with E-state index in [2.05, 4.69) is 19.1 Å². The Morgan fingerprint density at radius 2 is 1.69 bits per heavy atom. The van der Waals surface area contributed by atoms with E-state index in [4.69, 9.17) is 16.3 Å². The first-order valence-corrected chi connectivity index (χ1v) is 10.2. The van der Waals surface area contributed by atoms with Crippen molar-refractivity contribution in [3.8, 4) is 16.9 Å². The van der Waals surface area contributed by atoms with Crippen LogP contribution in [0, 0.1) is 11.7 Å². The van der Waals surface area contributed by atoms with E-state index in [0.717, 1.165) is 11.5 Å². The van der Waals surface area contributed by atoms with Crippen LogP contribution in [-0.4, -0.2) is 6.61 Å². The van der Waals surface area contributed by atoms with Crippen LogP contribution < -0.4 is 4.74 Å². The summed E-state index contributed by atoms with van der Waals surface area (Å²) in [6.07, 6.45) is 7.87. The molecule has 2 aromatic rings. The van der Waals surface area contributed by atoms with Gasteiger partial charge < -0.3 is 4.74 Å². The molecule has 0 aliphatic heterocycles. The standard InChI is InChI=1S/C23H28ClFO/c1-3-5-16-6-8-17(9-7-16)18-10-12-19(13-11-18)20-14-15-21(26-4-2)22(24)23(20)25/h10-17H,3-9H2,1-2H3. The molecule has 0 radical (unpaired) electrons. The Morgan fingerprint density at radius 1 is 1.00 bits per heavy atom. The molecule has 0 heterocycles. The van der Waals surface area contributed by atoms with Gasteiger partial charge in [-0.1, -0.05) is 55.6 Å². The Hall–Kier alpha value is -1.54. The molecule has 1 aliphatic carbocycles. The van der Waals surface area contributed by atoms with Gasteiger partial charge in [-0.2, -0.15) is 0 Å². The second-order valence-electron chi connectivity index (χ2n) is 7.30. The van der Waals surface area contributed by atoms with Gasteiger partial charge in [0.15, 0.2) is 5.82 Å². The molecule has 0 saturated heterocycles. The van der Waals surface area contributed by atoms with Crippen molar-refractivity contribution in [3.05, 3.63) is 52.8 Å². The first kappa shape index (κ1) is 19.2. The van der Waals surface area contributed by atoms with E-state index in [0.29, 0.717) is 23.8 Å². The monoisotopic (exact) mass is 374 g/mol. The number of rotatable bonds is 6. The number of halogens is 2. The number of hydrogen-bond acceptors (Lipinski definition) is 1. The molecular formula is C23H28ClFO. The van der Waals surface area contributed by atoms with Crippen molar-refractivity contribution in [2.75, 3.05) is 6.61 Å². The van der Waals surface area contributed by atoms with Gasteiger partial charge in [0, 0.05) is 5.56 Å². The van der Waals surface area contributed by atoms with Crippen molar-refractivity contribution in [1.82, 2.24) is 0 Å². The highest BCUT2D eigenvalue weighted by atomic mass is 35.5. The highest BCUT2D eigenvalue weighted by Crippen LogP contribution is 2.39. The van der Waals surface area contributed by atoms with Gasteiger partial charge in [-0.15, -0.1) is 0 Å². The molecule has 3 heteroatoms. The molecule has 3 rings (SSSR count). The Bertz CT molecular complexity index is 718. The van der Waals surface area contributed by atoms with Crippen LogP contribution in [0.15, 0.2) is 36.4 Å². The lowest BCUT2D eigenvalue weighted by Crippen LogP contribution is -2.13. The SMILES string of the molecule is CCCC1CCC(c2ccc(-c3ccc(OCC)c(Cl)c3F)cc2)CC1. The third-order valence-corrected chi connectivity index (χ3v) is 5.94. The van der Waals surface area contributed by atoms with Crippen molar-refractivity contribution in [3.63, 3.8) is 0 Å². The zero-order valence-electron chi connectivity index (χ0n) is 15.7. The highest BCUT2D eigenvalue weighted by Gasteiger charge is 2.22.